The zero-order chi connectivity index (χ0) is 23.0. The quantitative estimate of drug-likeness (QED) is 0.544. The third-order valence-corrected chi connectivity index (χ3v) is 9.15. The van der Waals surface area contributed by atoms with Crippen LogP contribution in [0, 0.1) is 3.57 Å². The average molecular weight is 560 g/mol. The summed E-state index contributed by atoms with van der Waals surface area (Å²) in [6.07, 6.45) is 4.36. The van der Waals surface area contributed by atoms with E-state index in [9.17, 15) is 18.3 Å². The van der Waals surface area contributed by atoms with Gasteiger partial charge in [-0.2, -0.15) is 9.29 Å². The minimum Gasteiger partial charge on any atom is -0.396 e. The third kappa shape index (κ3) is 4.81. The Morgan fingerprint density at radius 3 is 2.45 bits per heavy atom. The monoisotopic (exact) mass is 560 g/mol. The van der Waals surface area contributed by atoms with Gasteiger partial charge in [0.15, 0.2) is 0 Å². The van der Waals surface area contributed by atoms with Gasteiger partial charge in [-0.1, -0.05) is 12.1 Å². The molecule has 0 radical (unpaired) electrons. The number of aromatic nitrogens is 2. The highest BCUT2D eigenvalue weighted by molar-refractivity contribution is 14.1. The number of benzene rings is 1. The molecule has 0 amide bonds. The molecule has 8 nitrogen and oxygen atoms in total. The highest BCUT2D eigenvalue weighted by atomic mass is 127. The van der Waals surface area contributed by atoms with Gasteiger partial charge in [-0.05, 0) is 86.7 Å². The number of aliphatic hydroxyl groups is 1. The summed E-state index contributed by atoms with van der Waals surface area (Å²) in [5, 5.41) is 9.52. The minimum absolute atomic E-state index is 0.0574. The molecule has 1 aliphatic heterocycles. The number of nitrogens with zero attached hydrogens (tertiary/aromatic N) is 3. The fraction of sp³-hybridized carbons (Fsp3) is 0.524. The van der Waals surface area contributed by atoms with Crippen molar-refractivity contribution in [2.45, 2.75) is 63.3 Å². The Kier molecular flexibility index (Phi) is 7.14. The predicted molar refractivity (Wildman–Crippen MR) is 130 cm³/mol. The van der Waals surface area contributed by atoms with Gasteiger partial charge in [-0.15, -0.1) is 0 Å². The summed E-state index contributed by atoms with van der Waals surface area (Å²) in [4.78, 5) is 16.1. The maximum atomic E-state index is 13.5. The van der Waals surface area contributed by atoms with Crippen molar-refractivity contribution >= 4 is 38.4 Å². The summed E-state index contributed by atoms with van der Waals surface area (Å²) in [7, 11) is -3.61. The Labute approximate surface area is 196 Å². The van der Waals surface area contributed by atoms with Crippen molar-refractivity contribution in [2.75, 3.05) is 12.3 Å². The molecule has 0 spiro atoms. The molecule has 10 heteroatoms. The second-order valence-corrected chi connectivity index (χ2v) is 12.5. The molecule has 1 aromatic heterocycles. The maximum absolute atomic E-state index is 13.5. The molecule has 0 aliphatic carbocycles. The van der Waals surface area contributed by atoms with Gasteiger partial charge in [0.2, 0.25) is 10.0 Å². The molecule has 1 saturated heterocycles. The van der Waals surface area contributed by atoms with Crippen molar-refractivity contribution in [3.8, 4) is 5.69 Å². The van der Waals surface area contributed by atoms with E-state index in [0.717, 1.165) is 18.4 Å². The van der Waals surface area contributed by atoms with Crippen molar-refractivity contribution in [1.29, 1.82) is 0 Å². The second kappa shape index (κ2) is 9.16. The molecular formula is C21H29IN4O4S. The highest BCUT2D eigenvalue weighted by Gasteiger charge is 2.44. The van der Waals surface area contributed by atoms with Gasteiger partial charge in [-0.25, -0.2) is 13.2 Å². The smallest absolute Gasteiger partial charge is 0.354 e. The molecule has 2 heterocycles. The Bertz CT molecular complexity index is 1090. The first-order valence-corrected chi connectivity index (χ1v) is 12.8. The summed E-state index contributed by atoms with van der Waals surface area (Å²) < 4.78 is 29.7. The first kappa shape index (κ1) is 24.1. The number of nitrogens with two attached hydrogens (primary N) is 1. The van der Waals surface area contributed by atoms with E-state index < -0.39 is 20.5 Å². The normalized spacial score (nSPS) is 20.7. The number of rotatable bonds is 5. The summed E-state index contributed by atoms with van der Waals surface area (Å²) in [6, 6.07) is 6.76. The van der Waals surface area contributed by atoms with Crippen molar-refractivity contribution < 1.29 is 13.5 Å². The molecule has 1 aromatic carbocycles. The van der Waals surface area contributed by atoms with E-state index in [0.29, 0.717) is 22.1 Å². The molecule has 170 valence electrons. The Morgan fingerprint density at radius 1 is 1.23 bits per heavy atom. The molecule has 3 N–H and O–H groups in total. The first-order valence-electron chi connectivity index (χ1n) is 10.3. The van der Waals surface area contributed by atoms with Gasteiger partial charge in [0.05, 0.1) is 20.0 Å². The number of anilines is 1. The number of piperidine rings is 1. The van der Waals surface area contributed by atoms with Crippen LogP contribution in [0.5, 0.6) is 0 Å². The van der Waals surface area contributed by atoms with Gasteiger partial charge >= 0.3 is 5.69 Å². The Balaban J connectivity index is 2.02. The Hall–Kier alpha value is -1.50. The molecule has 1 fully saturated rings. The van der Waals surface area contributed by atoms with E-state index in [1.807, 2.05) is 34.7 Å². The zero-order valence-electron chi connectivity index (χ0n) is 18.0. The van der Waals surface area contributed by atoms with E-state index in [1.54, 1.807) is 43.4 Å². The lowest BCUT2D eigenvalue weighted by atomic mass is 9.92. The van der Waals surface area contributed by atoms with Crippen LogP contribution in [-0.2, 0) is 10.0 Å². The fourth-order valence-electron chi connectivity index (χ4n) is 3.96. The van der Waals surface area contributed by atoms with Crippen LogP contribution in [-0.4, -0.2) is 44.8 Å². The molecule has 2 aromatic rings. The SMILES string of the molecule is CC(C)(C)S(=O)(=O)N1[C@H](CCO)CCC[C@H]1c1ccc(-n2cc(I)c(N)nc2=O)cc1. The summed E-state index contributed by atoms with van der Waals surface area (Å²) >= 11 is 2.02. The summed E-state index contributed by atoms with van der Waals surface area (Å²) in [6.45, 7) is 5.05. The number of sulfonamides is 1. The van der Waals surface area contributed by atoms with Crippen molar-refractivity contribution in [3.05, 3.63) is 50.1 Å². The lowest BCUT2D eigenvalue weighted by molar-refractivity contribution is 0.144. The van der Waals surface area contributed by atoms with E-state index in [4.69, 9.17) is 5.73 Å². The van der Waals surface area contributed by atoms with Crippen LogP contribution in [0.1, 0.15) is 58.1 Å². The number of halogens is 1. The van der Waals surface area contributed by atoms with Crippen LogP contribution in [0.2, 0.25) is 0 Å². The third-order valence-electron chi connectivity index (χ3n) is 5.66. The van der Waals surface area contributed by atoms with Crippen LogP contribution in [0.25, 0.3) is 5.69 Å². The van der Waals surface area contributed by atoms with Gasteiger partial charge in [-0.3, -0.25) is 4.57 Å². The minimum atomic E-state index is -3.61. The van der Waals surface area contributed by atoms with Crippen molar-refractivity contribution in [2.24, 2.45) is 0 Å². The molecule has 1 aliphatic rings. The van der Waals surface area contributed by atoms with E-state index in [-0.39, 0.29) is 24.5 Å². The number of nitrogen functional groups attached to an aromatic ring is 1. The second-order valence-electron chi connectivity index (χ2n) is 8.78. The molecule has 0 bridgehead atoms. The molecule has 2 atom stereocenters. The molecule has 0 saturated carbocycles. The zero-order valence-corrected chi connectivity index (χ0v) is 20.9. The molecule has 3 rings (SSSR count). The van der Waals surface area contributed by atoms with Crippen LogP contribution >= 0.6 is 22.6 Å². The van der Waals surface area contributed by atoms with E-state index in [2.05, 4.69) is 4.98 Å². The van der Waals surface area contributed by atoms with Crippen LogP contribution in [0.4, 0.5) is 5.82 Å². The van der Waals surface area contributed by atoms with Gasteiger partial charge < -0.3 is 10.8 Å². The predicted octanol–water partition coefficient (Wildman–Crippen LogP) is 2.83. The standard InChI is InChI=1S/C21H29IN4O4S/c1-21(2,3)31(29,30)26-16(11-12-27)5-4-6-18(26)14-7-9-15(10-8-14)25-13-17(22)19(23)24-20(25)28/h7-10,13,16,18,27H,4-6,11-12H2,1-3H3,(H2,23,24,28)/t16-,18-/m0/s1. The largest absolute Gasteiger partial charge is 0.396 e. The number of aliphatic hydroxyl groups excluding tert-OH is 1. The van der Waals surface area contributed by atoms with Crippen molar-refractivity contribution in [3.63, 3.8) is 0 Å². The van der Waals surface area contributed by atoms with Gasteiger partial charge in [0.1, 0.15) is 5.82 Å². The maximum Gasteiger partial charge on any atom is 0.354 e. The highest BCUT2D eigenvalue weighted by Crippen LogP contribution is 2.41. The Morgan fingerprint density at radius 2 is 1.87 bits per heavy atom. The average Bonchev–Trinajstić information content (AvgIpc) is 2.70. The fourth-order valence-corrected chi connectivity index (χ4v) is 6.15. The van der Waals surface area contributed by atoms with Gasteiger partial charge in [0.25, 0.3) is 0 Å². The summed E-state index contributed by atoms with van der Waals surface area (Å²) in [5.41, 5.74) is 6.73. The van der Waals surface area contributed by atoms with Crippen LogP contribution < -0.4 is 11.4 Å². The molecular weight excluding hydrogens is 531 g/mol. The number of hydrogen-bond donors (Lipinski definition) is 2. The molecule has 0 unspecified atom stereocenters. The van der Waals surface area contributed by atoms with Gasteiger partial charge in [0, 0.05) is 18.8 Å². The van der Waals surface area contributed by atoms with Crippen LogP contribution in [0.15, 0.2) is 35.3 Å². The lowest BCUT2D eigenvalue weighted by Gasteiger charge is -2.44. The van der Waals surface area contributed by atoms with E-state index >= 15 is 0 Å². The number of hydrogen-bond acceptors (Lipinski definition) is 6. The topological polar surface area (TPSA) is 119 Å². The lowest BCUT2D eigenvalue weighted by Crippen LogP contribution is -2.51. The van der Waals surface area contributed by atoms with Crippen molar-refractivity contribution in [1.82, 2.24) is 13.9 Å². The molecule has 31 heavy (non-hydrogen) atoms. The first-order chi connectivity index (χ1) is 14.5. The van der Waals surface area contributed by atoms with E-state index in [1.165, 1.54) is 4.57 Å². The van der Waals surface area contributed by atoms with Crippen LogP contribution in [0.3, 0.4) is 0 Å². The summed E-state index contributed by atoms with van der Waals surface area (Å²) in [5.74, 6) is 0.193.